The minimum Gasteiger partial charge on any atom is -0.466 e. The standard InChI is InChI=1S/C26H28F2N4O5/c1-17(33)32(30-15-21-9-5-11-23(27)25(21)28)22(10-6-12-36-18(2)34)16-37-26(35)31-24-13-19-7-3-4-8-20(19)14-29-24/h3-5,7-9,11,13-14,22,30H,6,10,12,15-16H2,1-2H3,(H,29,31,35)/t22-/m1/s1. The third-order valence-corrected chi connectivity index (χ3v) is 5.43. The SMILES string of the molecule is CC(=O)OCCC[C@H](COC(=O)Nc1cc2ccccc2cn1)N(NCc1cccc(F)c1F)C(C)=O. The first kappa shape index (κ1) is 27.5. The lowest BCUT2D eigenvalue weighted by molar-refractivity contribution is -0.142. The molecule has 0 spiro atoms. The second-order valence-corrected chi connectivity index (χ2v) is 8.21. The van der Waals surface area contributed by atoms with Crippen molar-refractivity contribution in [2.24, 2.45) is 0 Å². The highest BCUT2D eigenvalue weighted by molar-refractivity contribution is 5.89. The van der Waals surface area contributed by atoms with Crippen molar-refractivity contribution in [1.82, 2.24) is 15.4 Å². The Morgan fingerprint density at radius 1 is 1.03 bits per heavy atom. The lowest BCUT2D eigenvalue weighted by atomic mass is 10.1. The number of hydrogen-bond acceptors (Lipinski definition) is 7. The maximum atomic E-state index is 14.1. The van der Waals surface area contributed by atoms with Gasteiger partial charge in [0, 0.05) is 37.5 Å². The van der Waals surface area contributed by atoms with Gasteiger partial charge in [-0.2, -0.15) is 0 Å². The molecular weight excluding hydrogens is 486 g/mol. The van der Waals surface area contributed by atoms with Gasteiger partial charge in [-0.3, -0.25) is 19.9 Å². The first-order chi connectivity index (χ1) is 17.7. The molecular formula is C26H28F2N4O5. The van der Waals surface area contributed by atoms with Gasteiger partial charge in [-0.15, -0.1) is 0 Å². The normalized spacial score (nSPS) is 11.6. The number of rotatable bonds is 11. The van der Waals surface area contributed by atoms with Crippen LogP contribution in [0, 0.1) is 11.6 Å². The molecule has 0 radical (unpaired) electrons. The second kappa shape index (κ2) is 13.3. The summed E-state index contributed by atoms with van der Waals surface area (Å²) >= 11 is 0. The van der Waals surface area contributed by atoms with Crippen LogP contribution in [0.25, 0.3) is 10.8 Å². The van der Waals surface area contributed by atoms with E-state index in [0.29, 0.717) is 12.2 Å². The van der Waals surface area contributed by atoms with Gasteiger partial charge in [-0.1, -0.05) is 36.4 Å². The number of carbonyl (C=O) groups excluding carboxylic acids is 3. The third-order valence-electron chi connectivity index (χ3n) is 5.43. The summed E-state index contributed by atoms with van der Waals surface area (Å²) < 4.78 is 38.0. The lowest BCUT2D eigenvalue weighted by Gasteiger charge is -2.31. The first-order valence-electron chi connectivity index (χ1n) is 11.6. The number of nitrogens with zero attached hydrogens (tertiary/aromatic N) is 2. The molecule has 1 heterocycles. The molecule has 0 unspecified atom stereocenters. The summed E-state index contributed by atoms with van der Waals surface area (Å²) in [5, 5.41) is 5.54. The number of nitrogens with one attached hydrogen (secondary N) is 2. The molecule has 11 heteroatoms. The van der Waals surface area contributed by atoms with E-state index in [1.54, 1.807) is 12.3 Å². The highest BCUT2D eigenvalue weighted by Gasteiger charge is 2.24. The molecule has 3 rings (SSSR count). The zero-order chi connectivity index (χ0) is 26.8. The van der Waals surface area contributed by atoms with Crippen LogP contribution < -0.4 is 10.7 Å². The Hall–Kier alpha value is -4.12. The van der Waals surface area contributed by atoms with Crippen molar-refractivity contribution >= 4 is 34.6 Å². The van der Waals surface area contributed by atoms with E-state index < -0.39 is 35.6 Å². The van der Waals surface area contributed by atoms with E-state index in [4.69, 9.17) is 9.47 Å². The number of ether oxygens (including phenoxy) is 2. The first-order valence-corrected chi connectivity index (χ1v) is 11.6. The van der Waals surface area contributed by atoms with E-state index in [1.165, 1.54) is 31.0 Å². The Balaban J connectivity index is 1.66. The lowest BCUT2D eigenvalue weighted by Crippen LogP contribution is -2.50. The predicted molar refractivity (Wildman–Crippen MR) is 132 cm³/mol. The molecule has 1 atom stereocenters. The fraction of sp³-hybridized carbons (Fsp3) is 0.308. The molecule has 2 aromatic carbocycles. The van der Waals surface area contributed by atoms with Gasteiger partial charge in [-0.05, 0) is 30.4 Å². The van der Waals surface area contributed by atoms with E-state index in [-0.39, 0.29) is 31.7 Å². The number of carbonyl (C=O) groups is 3. The number of esters is 1. The average Bonchev–Trinajstić information content (AvgIpc) is 2.86. The minimum absolute atomic E-state index is 0.0194. The molecule has 0 saturated carbocycles. The Morgan fingerprint density at radius 2 is 1.78 bits per heavy atom. The number of hydrazine groups is 1. The molecule has 1 aromatic heterocycles. The molecule has 0 aliphatic heterocycles. The van der Waals surface area contributed by atoms with E-state index in [1.807, 2.05) is 24.3 Å². The predicted octanol–water partition coefficient (Wildman–Crippen LogP) is 4.33. The highest BCUT2D eigenvalue weighted by atomic mass is 19.2. The van der Waals surface area contributed by atoms with Crippen LogP contribution in [0.4, 0.5) is 19.4 Å². The van der Waals surface area contributed by atoms with Crippen molar-refractivity contribution < 1.29 is 32.6 Å². The van der Waals surface area contributed by atoms with E-state index >= 15 is 0 Å². The molecule has 0 saturated heterocycles. The van der Waals surface area contributed by atoms with Gasteiger partial charge in [0.2, 0.25) is 5.91 Å². The number of halogens is 2. The van der Waals surface area contributed by atoms with Gasteiger partial charge in [-0.25, -0.2) is 24.0 Å². The van der Waals surface area contributed by atoms with Crippen LogP contribution in [0.5, 0.6) is 0 Å². The van der Waals surface area contributed by atoms with Crippen LogP contribution in [0.3, 0.4) is 0 Å². The number of pyridine rings is 1. The van der Waals surface area contributed by atoms with Gasteiger partial charge in [0.15, 0.2) is 11.6 Å². The van der Waals surface area contributed by atoms with Crippen molar-refractivity contribution in [1.29, 1.82) is 0 Å². The van der Waals surface area contributed by atoms with Crippen LogP contribution >= 0.6 is 0 Å². The van der Waals surface area contributed by atoms with Gasteiger partial charge in [0.25, 0.3) is 0 Å². The number of anilines is 1. The summed E-state index contributed by atoms with van der Waals surface area (Å²) in [5.41, 5.74) is 2.81. The topological polar surface area (TPSA) is 110 Å². The molecule has 0 bridgehead atoms. The Labute approximate surface area is 212 Å². The maximum absolute atomic E-state index is 14.1. The monoisotopic (exact) mass is 514 g/mol. The summed E-state index contributed by atoms with van der Waals surface area (Å²) in [6, 6.07) is 12.3. The van der Waals surface area contributed by atoms with Crippen molar-refractivity contribution in [3.63, 3.8) is 0 Å². The summed E-state index contributed by atoms with van der Waals surface area (Å²) in [7, 11) is 0. The van der Waals surface area contributed by atoms with Gasteiger partial charge < -0.3 is 9.47 Å². The molecule has 0 aliphatic carbocycles. The summed E-state index contributed by atoms with van der Waals surface area (Å²) in [6.45, 7) is 2.26. The number of hydrogen-bond donors (Lipinski definition) is 2. The summed E-state index contributed by atoms with van der Waals surface area (Å²) in [4.78, 5) is 40.1. The van der Waals surface area contributed by atoms with E-state index in [2.05, 4.69) is 15.7 Å². The van der Waals surface area contributed by atoms with Crippen LogP contribution in [0.1, 0.15) is 32.3 Å². The van der Waals surface area contributed by atoms with Crippen molar-refractivity contribution in [2.75, 3.05) is 18.5 Å². The van der Waals surface area contributed by atoms with Crippen molar-refractivity contribution in [2.45, 2.75) is 39.3 Å². The molecule has 2 N–H and O–H groups in total. The smallest absolute Gasteiger partial charge is 0.412 e. The van der Waals surface area contributed by atoms with E-state index in [0.717, 1.165) is 16.8 Å². The Morgan fingerprint density at radius 3 is 2.51 bits per heavy atom. The molecule has 3 aromatic rings. The van der Waals surface area contributed by atoms with Crippen molar-refractivity contribution in [3.05, 3.63) is 71.9 Å². The zero-order valence-electron chi connectivity index (χ0n) is 20.5. The minimum atomic E-state index is -1.02. The Bertz CT molecular complexity index is 1260. The molecule has 37 heavy (non-hydrogen) atoms. The van der Waals surface area contributed by atoms with E-state index in [9.17, 15) is 23.2 Å². The molecule has 0 fully saturated rings. The average molecular weight is 515 g/mol. The number of benzene rings is 2. The van der Waals surface area contributed by atoms with Gasteiger partial charge in [0.05, 0.1) is 12.6 Å². The zero-order valence-corrected chi connectivity index (χ0v) is 20.5. The Kier molecular flexibility index (Phi) is 9.84. The van der Waals surface area contributed by atoms with Gasteiger partial charge >= 0.3 is 12.1 Å². The largest absolute Gasteiger partial charge is 0.466 e. The van der Waals surface area contributed by atoms with Crippen LogP contribution in [0.2, 0.25) is 0 Å². The fourth-order valence-corrected chi connectivity index (χ4v) is 3.64. The number of aromatic nitrogens is 1. The molecule has 196 valence electrons. The van der Waals surface area contributed by atoms with Crippen LogP contribution in [0.15, 0.2) is 54.7 Å². The number of fused-ring (bicyclic) bond motifs is 1. The molecule has 9 nitrogen and oxygen atoms in total. The number of amides is 2. The summed E-state index contributed by atoms with van der Waals surface area (Å²) in [6.07, 6.45) is 1.48. The van der Waals surface area contributed by atoms with Crippen molar-refractivity contribution in [3.8, 4) is 0 Å². The summed E-state index contributed by atoms with van der Waals surface area (Å²) in [5.74, 6) is -2.62. The van der Waals surface area contributed by atoms with Crippen LogP contribution in [-0.4, -0.2) is 47.2 Å². The van der Waals surface area contributed by atoms with Crippen LogP contribution in [-0.2, 0) is 25.6 Å². The fourth-order valence-electron chi connectivity index (χ4n) is 3.64. The molecule has 2 amide bonds. The third kappa shape index (κ3) is 8.21. The van der Waals surface area contributed by atoms with Gasteiger partial charge in [0.1, 0.15) is 12.4 Å². The highest BCUT2D eigenvalue weighted by Crippen LogP contribution is 2.17. The maximum Gasteiger partial charge on any atom is 0.412 e. The second-order valence-electron chi connectivity index (χ2n) is 8.21. The quantitative estimate of drug-likeness (QED) is 0.223. The molecule has 0 aliphatic rings.